The molecule has 112 valence electrons. The van der Waals surface area contributed by atoms with Crippen LogP contribution < -0.4 is 16.0 Å². The Kier molecular flexibility index (Phi) is 7.10. The van der Waals surface area contributed by atoms with E-state index >= 15 is 0 Å². The quantitative estimate of drug-likeness (QED) is 0.372. The van der Waals surface area contributed by atoms with E-state index in [0.717, 1.165) is 0 Å². The lowest BCUT2D eigenvalue weighted by molar-refractivity contribution is -0.121. The molecular formula is C12H21N5O2S. The Labute approximate surface area is 123 Å². The summed E-state index contributed by atoms with van der Waals surface area (Å²) in [6.07, 6.45) is 1.90. The van der Waals surface area contributed by atoms with Crippen LogP contribution in [0.15, 0.2) is 11.2 Å². The molecule has 0 aromatic carbocycles. The van der Waals surface area contributed by atoms with Gasteiger partial charge in [-0.25, -0.2) is 9.97 Å². The molecule has 1 rings (SSSR count). The first-order valence-electron chi connectivity index (χ1n) is 6.24. The Morgan fingerprint density at radius 3 is 2.75 bits per heavy atom. The predicted molar refractivity (Wildman–Crippen MR) is 81.3 cm³/mol. The van der Waals surface area contributed by atoms with Crippen LogP contribution in [0.2, 0.25) is 0 Å². The van der Waals surface area contributed by atoms with Crippen LogP contribution >= 0.6 is 11.8 Å². The molecule has 0 saturated heterocycles. The number of anilines is 2. The Bertz CT molecular complexity index is 422. The maximum absolute atomic E-state index is 11.8. The van der Waals surface area contributed by atoms with Gasteiger partial charge in [-0.3, -0.25) is 4.79 Å². The minimum absolute atomic E-state index is 0.0997. The van der Waals surface area contributed by atoms with Crippen molar-refractivity contribution >= 4 is 29.3 Å². The molecule has 20 heavy (non-hydrogen) atoms. The summed E-state index contributed by atoms with van der Waals surface area (Å²) in [5.41, 5.74) is 0. The normalized spacial score (nSPS) is 11.8. The molecule has 0 aliphatic carbocycles. The third-order valence-electron chi connectivity index (χ3n) is 2.51. The van der Waals surface area contributed by atoms with E-state index in [0.29, 0.717) is 29.9 Å². The van der Waals surface area contributed by atoms with Crippen LogP contribution in [-0.2, 0) is 9.53 Å². The van der Waals surface area contributed by atoms with Gasteiger partial charge in [0.05, 0.1) is 6.61 Å². The lowest BCUT2D eigenvalue weighted by Crippen LogP contribution is -2.39. The third-order valence-corrected chi connectivity index (χ3v) is 3.06. The summed E-state index contributed by atoms with van der Waals surface area (Å²) in [6.45, 7) is 2.76. The second-order valence-corrected chi connectivity index (χ2v) is 4.80. The van der Waals surface area contributed by atoms with Crippen molar-refractivity contribution in [1.29, 1.82) is 0 Å². The Morgan fingerprint density at radius 2 is 2.15 bits per heavy atom. The predicted octanol–water partition coefficient (Wildman–Crippen LogP) is 0.803. The fourth-order valence-corrected chi connectivity index (χ4v) is 1.81. The molecule has 1 unspecified atom stereocenters. The van der Waals surface area contributed by atoms with Gasteiger partial charge in [0.2, 0.25) is 5.91 Å². The molecule has 0 radical (unpaired) electrons. The summed E-state index contributed by atoms with van der Waals surface area (Å²) < 4.78 is 4.88. The van der Waals surface area contributed by atoms with Gasteiger partial charge in [-0.05, 0) is 13.2 Å². The van der Waals surface area contributed by atoms with Crippen LogP contribution in [-0.4, -0.2) is 55.5 Å². The molecule has 0 bridgehead atoms. The van der Waals surface area contributed by atoms with Crippen molar-refractivity contribution in [1.82, 2.24) is 15.3 Å². The molecule has 0 aliphatic heterocycles. The molecule has 1 aromatic rings. The highest BCUT2D eigenvalue weighted by molar-refractivity contribution is 7.98. The Hall–Kier alpha value is -1.54. The maximum atomic E-state index is 11.8. The lowest BCUT2D eigenvalue weighted by atomic mass is 10.3. The highest BCUT2D eigenvalue weighted by atomic mass is 32.2. The van der Waals surface area contributed by atoms with Gasteiger partial charge in [-0.2, -0.15) is 0 Å². The zero-order valence-electron chi connectivity index (χ0n) is 12.2. The standard InChI is InChI=1S/C12H21N5O2S/c1-8(11(18)14-5-6-19-3)15-10-7-9(13-2)16-12(17-10)20-4/h7-8H,5-6H2,1-4H3,(H,14,18)(H2,13,15,16,17). The number of amides is 1. The molecule has 1 atom stereocenters. The number of ether oxygens (including phenoxy) is 1. The summed E-state index contributed by atoms with van der Waals surface area (Å²) in [5, 5.41) is 9.44. The second kappa shape index (κ2) is 8.60. The lowest BCUT2D eigenvalue weighted by Gasteiger charge is -2.15. The number of thioether (sulfide) groups is 1. The molecule has 7 nitrogen and oxygen atoms in total. The van der Waals surface area contributed by atoms with Gasteiger partial charge in [-0.1, -0.05) is 11.8 Å². The molecular weight excluding hydrogens is 278 g/mol. The van der Waals surface area contributed by atoms with Gasteiger partial charge in [0.15, 0.2) is 5.16 Å². The maximum Gasteiger partial charge on any atom is 0.242 e. The summed E-state index contributed by atoms with van der Waals surface area (Å²) >= 11 is 1.45. The van der Waals surface area contributed by atoms with E-state index in [1.54, 1.807) is 27.1 Å². The summed E-state index contributed by atoms with van der Waals surface area (Å²) in [7, 11) is 3.38. The van der Waals surface area contributed by atoms with Crippen LogP contribution in [0.4, 0.5) is 11.6 Å². The van der Waals surface area contributed by atoms with Crippen LogP contribution in [0.1, 0.15) is 6.92 Å². The van der Waals surface area contributed by atoms with Crippen LogP contribution in [0, 0.1) is 0 Å². The molecule has 1 amide bonds. The van der Waals surface area contributed by atoms with E-state index in [1.165, 1.54) is 11.8 Å². The van der Waals surface area contributed by atoms with E-state index in [-0.39, 0.29) is 11.9 Å². The topological polar surface area (TPSA) is 88.2 Å². The molecule has 1 aromatic heterocycles. The fourth-order valence-electron chi connectivity index (χ4n) is 1.44. The first-order valence-corrected chi connectivity index (χ1v) is 7.47. The van der Waals surface area contributed by atoms with Gasteiger partial charge in [0, 0.05) is 26.8 Å². The summed E-state index contributed by atoms with van der Waals surface area (Å²) in [6, 6.07) is 1.37. The largest absolute Gasteiger partial charge is 0.383 e. The number of hydrogen-bond acceptors (Lipinski definition) is 7. The molecule has 0 fully saturated rings. The number of carbonyl (C=O) groups excluding carboxylic acids is 1. The van der Waals surface area contributed by atoms with Crippen molar-refractivity contribution in [3.8, 4) is 0 Å². The number of rotatable bonds is 8. The van der Waals surface area contributed by atoms with E-state index in [9.17, 15) is 4.79 Å². The minimum Gasteiger partial charge on any atom is -0.383 e. The summed E-state index contributed by atoms with van der Waals surface area (Å²) in [5.74, 6) is 1.22. The fraction of sp³-hybridized carbons (Fsp3) is 0.583. The van der Waals surface area contributed by atoms with Crippen molar-refractivity contribution in [3.63, 3.8) is 0 Å². The average Bonchev–Trinajstić information content (AvgIpc) is 2.46. The van der Waals surface area contributed by atoms with Gasteiger partial charge in [0.1, 0.15) is 17.7 Å². The minimum atomic E-state index is -0.388. The van der Waals surface area contributed by atoms with Crippen molar-refractivity contribution in [2.24, 2.45) is 0 Å². The zero-order chi connectivity index (χ0) is 15.0. The number of methoxy groups -OCH3 is 1. The Morgan fingerprint density at radius 1 is 1.45 bits per heavy atom. The number of hydrogen-bond donors (Lipinski definition) is 3. The van der Waals surface area contributed by atoms with Gasteiger partial charge >= 0.3 is 0 Å². The van der Waals surface area contributed by atoms with Crippen LogP contribution in [0.5, 0.6) is 0 Å². The molecule has 0 spiro atoms. The highest BCUT2D eigenvalue weighted by Gasteiger charge is 2.13. The highest BCUT2D eigenvalue weighted by Crippen LogP contribution is 2.17. The van der Waals surface area contributed by atoms with Gasteiger partial charge < -0.3 is 20.7 Å². The zero-order valence-corrected chi connectivity index (χ0v) is 13.0. The average molecular weight is 299 g/mol. The molecule has 3 N–H and O–H groups in total. The van der Waals surface area contributed by atoms with Crippen molar-refractivity contribution in [3.05, 3.63) is 6.07 Å². The van der Waals surface area contributed by atoms with Crippen LogP contribution in [0.25, 0.3) is 0 Å². The van der Waals surface area contributed by atoms with E-state index in [1.807, 2.05) is 6.26 Å². The third kappa shape index (κ3) is 5.22. The number of nitrogens with zero attached hydrogens (tertiary/aromatic N) is 2. The smallest absolute Gasteiger partial charge is 0.242 e. The van der Waals surface area contributed by atoms with E-state index < -0.39 is 0 Å². The number of aromatic nitrogens is 2. The second-order valence-electron chi connectivity index (χ2n) is 4.02. The molecule has 8 heteroatoms. The van der Waals surface area contributed by atoms with Crippen molar-refractivity contribution in [2.45, 2.75) is 18.1 Å². The van der Waals surface area contributed by atoms with Gasteiger partial charge in [0.25, 0.3) is 0 Å². The van der Waals surface area contributed by atoms with Crippen molar-refractivity contribution in [2.75, 3.05) is 44.2 Å². The molecule has 1 heterocycles. The molecule has 0 saturated carbocycles. The first-order chi connectivity index (χ1) is 9.60. The monoisotopic (exact) mass is 299 g/mol. The van der Waals surface area contributed by atoms with Crippen LogP contribution in [0.3, 0.4) is 0 Å². The summed E-state index contributed by atoms with van der Waals surface area (Å²) in [4.78, 5) is 20.4. The number of nitrogens with one attached hydrogen (secondary N) is 3. The van der Waals surface area contributed by atoms with Gasteiger partial charge in [-0.15, -0.1) is 0 Å². The Balaban J connectivity index is 2.64. The molecule has 0 aliphatic rings. The van der Waals surface area contributed by atoms with E-state index in [2.05, 4.69) is 25.9 Å². The van der Waals surface area contributed by atoms with E-state index in [4.69, 9.17) is 4.74 Å². The van der Waals surface area contributed by atoms with Crippen molar-refractivity contribution < 1.29 is 9.53 Å². The SMILES string of the molecule is CNc1cc(NC(C)C(=O)NCCOC)nc(SC)n1. The number of carbonyl (C=O) groups is 1. The first kappa shape index (κ1) is 16.5.